The molecule has 21 heavy (non-hydrogen) atoms. The van der Waals surface area contributed by atoms with Crippen LogP contribution < -0.4 is 19.5 Å². The van der Waals surface area contributed by atoms with Crippen molar-refractivity contribution in [3.63, 3.8) is 0 Å². The summed E-state index contributed by atoms with van der Waals surface area (Å²) in [6.45, 7) is 1.21. The molecule has 0 saturated carbocycles. The van der Waals surface area contributed by atoms with Crippen LogP contribution in [0, 0.1) is 0 Å². The summed E-state index contributed by atoms with van der Waals surface area (Å²) in [5.74, 6) is 2.47. The van der Waals surface area contributed by atoms with Crippen molar-refractivity contribution in [2.45, 2.75) is 6.04 Å². The van der Waals surface area contributed by atoms with E-state index < -0.39 is 0 Å². The second-order valence-electron chi connectivity index (χ2n) is 4.90. The maximum Gasteiger partial charge on any atom is 0.161 e. The molecule has 1 aliphatic rings. The lowest BCUT2D eigenvalue weighted by Gasteiger charge is -2.22. The van der Waals surface area contributed by atoms with Crippen LogP contribution in [0.2, 0.25) is 0 Å². The fourth-order valence-electron chi connectivity index (χ4n) is 2.59. The number of methoxy groups -OCH3 is 1. The summed E-state index contributed by atoms with van der Waals surface area (Å²) in [5.41, 5.74) is 2.28. The molecule has 110 valence electrons. The summed E-state index contributed by atoms with van der Waals surface area (Å²) in [7, 11) is 3.62. The van der Waals surface area contributed by atoms with Crippen LogP contribution in [0.5, 0.6) is 17.2 Å². The molecule has 0 bridgehead atoms. The van der Waals surface area contributed by atoms with E-state index in [1.807, 2.05) is 37.4 Å². The van der Waals surface area contributed by atoms with Gasteiger partial charge in [0.2, 0.25) is 0 Å². The minimum absolute atomic E-state index is 0.0796. The first kappa shape index (κ1) is 13.8. The van der Waals surface area contributed by atoms with Crippen LogP contribution in [-0.4, -0.2) is 27.4 Å². The zero-order chi connectivity index (χ0) is 14.7. The Labute approximate surface area is 124 Å². The SMILES string of the molecule is CNC(c1cccc(OC)c1)c1ccc2c(c1)OCCO2. The van der Waals surface area contributed by atoms with E-state index in [0.717, 1.165) is 28.4 Å². The van der Waals surface area contributed by atoms with E-state index >= 15 is 0 Å². The maximum absolute atomic E-state index is 5.66. The molecule has 1 N–H and O–H groups in total. The topological polar surface area (TPSA) is 39.7 Å². The van der Waals surface area contributed by atoms with E-state index in [4.69, 9.17) is 14.2 Å². The largest absolute Gasteiger partial charge is 0.497 e. The summed E-state index contributed by atoms with van der Waals surface area (Å²) in [6.07, 6.45) is 0. The Bertz CT molecular complexity index is 627. The van der Waals surface area contributed by atoms with E-state index in [-0.39, 0.29) is 6.04 Å². The molecule has 0 aromatic heterocycles. The fourth-order valence-corrected chi connectivity index (χ4v) is 2.59. The van der Waals surface area contributed by atoms with Crippen molar-refractivity contribution in [2.24, 2.45) is 0 Å². The third-order valence-electron chi connectivity index (χ3n) is 3.62. The molecule has 0 aliphatic carbocycles. The van der Waals surface area contributed by atoms with E-state index in [0.29, 0.717) is 13.2 Å². The van der Waals surface area contributed by atoms with Crippen LogP contribution in [0.4, 0.5) is 0 Å². The summed E-state index contributed by atoms with van der Waals surface area (Å²) >= 11 is 0. The zero-order valence-electron chi connectivity index (χ0n) is 12.3. The van der Waals surface area contributed by atoms with Crippen molar-refractivity contribution < 1.29 is 14.2 Å². The van der Waals surface area contributed by atoms with Crippen molar-refractivity contribution in [3.05, 3.63) is 53.6 Å². The molecular formula is C17H19NO3. The van der Waals surface area contributed by atoms with Gasteiger partial charge in [0.05, 0.1) is 13.2 Å². The Morgan fingerprint density at radius 1 is 1.00 bits per heavy atom. The molecule has 3 rings (SSSR count). The number of fused-ring (bicyclic) bond motifs is 1. The summed E-state index contributed by atoms with van der Waals surface area (Å²) in [5, 5.41) is 3.34. The third-order valence-corrected chi connectivity index (χ3v) is 3.62. The molecule has 2 aromatic rings. The van der Waals surface area contributed by atoms with Gasteiger partial charge in [-0.1, -0.05) is 18.2 Å². The average Bonchev–Trinajstić information content (AvgIpc) is 2.56. The van der Waals surface area contributed by atoms with Crippen molar-refractivity contribution in [2.75, 3.05) is 27.4 Å². The molecule has 1 unspecified atom stereocenters. The van der Waals surface area contributed by atoms with Gasteiger partial charge in [-0.25, -0.2) is 0 Å². The number of hydrogen-bond acceptors (Lipinski definition) is 4. The second kappa shape index (κ2) is 6.06. The van der Waals surface area contributed by atoms with Crippen LogP contribution >= 0.6 is 0 Å². The first-order valence-electron chi connectivity index (χ1n) is 7.02. The Hall–Kier alpha value is -2.20. The minimum atomic E-state index is 0.0796. The quantitative estimate of drug-likeness (QED) is 0.937. The van der Waals surface area contributed by atoms with Gasteiger partial charge in [0, 0.05) is 0 Å². The highest BCUT2D eigenvalue weighted by atomic mass is 16.6. The fraction of sp³-hybridized carbons (Fsp3) is 0.294. The molecule has 2 aromatic carbocycles. The van der Waals surface area contributed by atoms with Crippen LogP contribution in [-0.2, 0) is 0 Å². The Morgan fingerprint density at radius 2 is 1.76 bits per heavy atom. The smallest absolute Gasteiger partial charge is 0.161 e. The Balaban J connectivity index is 1.95. The number of benzene rings is 2. The average molecular weight is 285 g/mol. The predicted octanol–water partition coefficient (Wildman–Crippen LogP) is 2.78. The number of hydrogen-bond donors (Lipinski definition) is 1. The monoisotopic (exact) mass is 285 g/mol. The van der Waals surface area contributed by atoms with Crippen LogP contribution in [0.1, 0.15) is 17.2 Å². The van der Waals surface area contributed by atoms with Crippen molar-refractivity contribution in [3.8, 4) is 17.2 Å². The second-order valence-corrected chi connectivity index (χ2v) is 4.90. The van der Waals surface area contributed by atoms with Gasteiger partial charge in [0.15, 0.2) is 11.5 Å². The van der Waals surface area contributed by atoms with Gasteiger partial charge in [-0.15, -0.1) is 0 Å². The number of ether oxygens (including phenoxy) is 3. The first-order chi connectivity index (χ1) is 10.3. The highest BCUT2D eigenvalue weighted by molar-refractivity contribution is 5.47. The number of nitrogens with one attached hydrogen (secondary N) is 1. The van der Waals surface area contributed by atoms with Gasteiger partial charge < -0.3 is 19.5 Å². The highest BCUT2D eigenvalue weighted by Crippen LogP contribution is 2.34. The minimum Gasteiger partial charge on any atom is -0.497 e. The van der Waals surface area contributed by atoms with Gasteiger partial charge >= 0.3 is 0 Å². The van der Waals surface area contributed by atoms with Gasteiger partial charge in [0.1, 0.15) is 19.0 Å². The van der Waals surface area contributed by atoms with Crippen LogP contribution in [0.25, 0.3) is 0 Å². The van der Waals surface area contributed by atoms with Crippen molar-refractivity contribution >= 4 is 0 Å². The molecule has 0 fully saturated rings. The normalized spacial score (nSPS) is 14.6. The zero-order valence-corrected chi connectivity index (χ0v) is 12.3. The molecule has 1 heterocycles. The first-order valence-corrected chi connectivity index (χ1v) is 7.02. The third kappa shape index (κ3) is 2.81. The van der Waals surface area contributed by atoms with Gasteiger partial charge in [-0.3, -0.25) is 0 Å². The molecule has 1 aliphatic heterocycles. The summed E-state index contributed by atoms with van der Waals surface area (Å²) in [4.78, 5) is 0. The molecule has 1 atom stereocenters. The van der Waals surface area contributed by atoms with Gasteiger partial charge in [0.25, 0.3) is 0 Å². The number of rotatable bonds is 4. The van der Waals surface area contributed by atoms with E-state index in [2.05, 4.69) is 17.4 Å². The van der Waals surface area contributed by atoms with E-state index in [1.54, 1.807) is 7.11 Å². The Kier molecular flexibility index (Phi) is 3.97. The van der Waals surface area contributed by atoms with Gasteiger partial charge in [-0.05, 0) is 42.4 Å². The molecule has 0 amide bonds. The predicted molar refractivity (Wildman–Crippen MR) is 81.3 cm³/mol. The van der Waals surface area contributed by atoms with E-state index in [9.17, 15) is 0 Å². The Morgan fingerprint density at radius 3 is 2.52 bits per heavy atom. The van der Waals surface area contributed by atoms with Crippen LogP contribution in [0.3, 0.4) is 0 Å². The van der Waals surface area contributed by atoms with E-state index in [1.165, 1.54) is 0 Å². The summed E-state index contributed by atoms with van der Waals surface area (Å²) in [6, 6.07) is 14.2. The standard InChI is InChI=1S/C17H19NO3/c1-18-17(12-4-3-5-14(10-12)19-2)13-6-7-15-16(11-13)21-9-8-20-15/h3-7,10-11,17-18H,8-9H2,1-2H3. The highest BCUT2D eigenvalue weighted by Gasteiger charge is 2.17. The molecule has 4 nitrogen and oxygen atoms in total. The lowest BCUT2D eigenvalue weighted by molar-refractivity contribution is 0.171. The lowest BCUT2D eigenvalue weighted by atomic mass is 9.98. The molecule has 4 heteroatoms. The van der Waals surface area contributed by atoms with Gasteiger partial charge in [-0.2, -0.15) is 0 Å². The summed E-state index contributed by atoms with van der Waals surface area (Å²) < 4.78 is 16.5. The molecule has 0 radical (unpaired) electrons. The molecule has 0 saturated heterocycles. The molecule has 0 spiro atoms. The molecular weight excluding hydrogens is 266 g/mol. The van der Waals surface area contributed by atoms with Crippen molar-refractivity contribution in [1.29, 1.82) is 0 Å². The van der Waals surface area contributed by atoms with Crippen LogP contribution in [0.15, 0.2) is 42.5 Å². The lowest BCUT2D eigenvalue weighted by Crippen LogP contribution is -2.19. The maximum atomic E-state index is 5.66. The van der Waals surface area contributed by atoms with Crippen molar-refractivity contribution in [1.82, 2.24) is 5.32 Å².